The van der Waals surface area contributed by atoms with E-state index in [9.17, 15) is 8.42 Å². The molecule has 1 aromatic heterocycles. The van der Waals surface area contributed by atoms with Crippen LogP contribution in [0.4, 0.5) is 5.13 Å². The van der Waals surface area contributed by atoms with Crippen molar-refractivity contribution in [3.63, 3.8) is 0 Å². The molecule has 0 unspecified atom stereocenters. The molecule has 0 fully saturated rings. The molecule has 0 bridgehead atoms. The highest BCUT2D eigenvalue weighted by Crippen LogP contribution is 2.26. The Morgan fingerprint density at radius 3 is 2.62 bits per heavy atom. The Kier molecular flexibility index (Phi) is 4.97. The van der Waals surface area contributed by atoms with Crippen LogP contribution < -0.4 is 10.0 Å². The van der Waals surface area contributed by atoms with Crippen LogP contribution >= 0.6 is 11.3 Å². The van der Waals surface area contributed by atoms with E-state index in [0.717, 1.165) is 22.6 Å². The van der Waals surface area contributed by atoms with Gasteiger partial charge < -0.3 is 5.32 Å². The van der Waals surface area contributed by atoms with Gasteiger partial charge >= 0.3 is 0 Å². The minimum Gasteiger partial charge on any atom is -0.316 e. The average Bonchev–Trinajstić information content (AvgIpc) is 2.78. The van der Waals surface area contributed by atoms with E-state index in [2.05, 4.69) is 15.0 Å². The summed E-state index contributed by atoms with van der Waals surface area (Å²) in [7, 11) is -1.83. The molecule has 7 heteroatoms. The lowest BCUT2D eigenvalue weighted by molar-refractivity contribution is 0.599. The molecule has 0 saturated heterocycles. The normalized spacial score (nSPS) is 11.6. The summed E-state index contributed by atoms with van der Waals surface area (Å²) in [5.74, 6) is 0. The zero-order valence-electron chi connectivity index (χ0n) is 12.3. The standard InChI is InChI=1S/C14H19N3O2S2/c1-4-12-10(2)20-14(16-12)17-21(18,19)13-8-6-5-7-11(13)9-15-3/h5-8,15H,4,9H2,1-3H3,(H,16,17). The number of thiazole rings is 1. The van der Waals surface area contributed by atoms with E-state index in [-0.39, 0.29) is 4.90 Å². The molecule has 0 aliphatic carbocycles. The summed E-state index contributed by atoms with van der Waals surface area (Å²) >= 11 is 1.36. The van der Waals surface area contributed by atoms with Crippen molar-refractivity contribution in [3.05, 3.63) is 40.4 Å². The first-order valence-electron chi connectivity index (χ1n) is 6.69. The summed E-state index contributed by atoms with van der Waals surface area (Å²) in [6.45, 7) is 4.44. The predicted octanol–water partition coefficient (Wildman–Crippen LogP) is 2.53. The number of aryl methyl sites for hydroxylation is 2. The molecule has 1 aromatic carbocycles. The maximum Gasteiger partial charge on any atom is 0.263 e. The lowest BCUT2D eigenvalue weighted by Gasteiger charge is -2.10. The van der Waals surface area contributed by atoms with Gasteiger partial charge in [0.2, 0.25) is 0 Å². The molecule has 2 N–H and O–H groups in total. The highest BCUT2D eigenvalue weighted by Gasteiger charge is 2.20. The molecule has 5 nitrogen and oxygen atoms in total. The Morgan fingerprint density at radius 2 is 2.00 bits per heavy atom. The number of hydrogen-bond donors (Lipinski definition) is 2. The van der Waals surface area contributed by atoms with Crippen LogP contribution in [0.1, 0.15) is 23.1 Å². The van der Waals surface area contributed by atoms with E-state index in [1.807, 2.05) is 19.9 Å². The van der Waals surface area contributed by atoms with Gasteiger partial charge in [-0.25, -0.2) is 13.4 Å². The summed E-state index contributed by atoms with van der Waals surface area (Å²) in [5, 5.41) is 3.40. The van der Waals surface area contributed by atoms with Crippen molar-refractivity contribution in [2.24, 2.45) is 0 Å². The highest BCUT2D eigenvalue weighted by molar-refractivity contribution is 7.93. The Hall–Kier alpha value is -1.44. The van der Waals surface area contributed by atoms with Crippen molar-refractivity contribution in [1.29, 1.82) is 0 Å². The zero-order chi connectivity index (χ0) is 15.5. The van der Waals surface area contributed by atoms with Crippen LogP contribution in [0.25, 0.3) is 0 Å². The number of nitrogens with zero attached hydrogens (tertiary/aromatic N) is 1. The van der Waals surface area contributed by atoms with Crippen molar-refractivity contribution in [2.75, 3.05) is 11.8 Å². The minimum absolute atomic E-state index is 0.283. The molecule has 114 valence electrons. The average molecular weight is 325 g/mol. The van der Waals surface area contributed by atoms with E-state index in [4.69, 9.17) is 0 Å². The van der Waals surface area contributed by atoms with Crippen LogP contribution in [-0.4, -0.2) is 20.4 Å². The lowest BCUT2D eigenvalue weighted by atomic mass is 10.2. The van der Waals surface area contributed by atoms with E-state index in [1.165, 1.54) is 11.3 Å². The van der Waals surface area contributed by atoms with Crippen molar-refractivity contribution in [1.82, 2.24) is 10.3 Å². The molecule has 0 amide bonds. The maximum absolute atomic E-state index is 12.5. The third-order valence-electron chi connectivity index (χ3n) is 3.08. The Bertz CT molecular complexity index is 724. The SMILES string of the molecule is CCc1nc(NS(=O)(=O)c2ccccc2CNC)sc1C. The molecule has 0 atom stereocenters. The van der Waals surface area contributed by atoms with Crippen molar-refractivity contribution in [2.45, 2.75) is 31.7 Å². The van der Waals surface area contributed by atoms with Crippen molar-refractivity contribution >= 4 is 26.5 Å². The highest BCUT2D eigenvalue weighted by atomic mass is 32.2. The fourth-order valence-corrected chi connectivity index (χ4v) is 4.45. The molecule has 21 heavy (non-hydrogen) atoms. The Balaban J connectivity index is 2.34. The van der Waals surface area contributed by atoms with Gasteiger partial charge in [0.15, 0.2) is 5.13 Å². The number of sulfonamides is 1. The first-order chi connectivity index (χ1) is 9.97. The third kappa shape index (κ3) is 3.61. The number of hydrogen-bond acceptors (Lipinski definition) is 5. The second kappa shape index (κ2) is 6.55. The number of nitrogens with one attached hydrogen (secondary N) is 2. The quantitative estimate of drug-likeness (QED) is 0.856. The van der Waals surface area contributed by atoms with Crippen molar-refractivity contribution in [3.8, 4) is 0 Å². The molecule has 0 spiro atoms. The van der Waals surface area contributed by atoms with E-state index in [1.54, 1.807) is 25.2 Å². The number of anilines is 1. The van der Waals surface area contributed by atoms with Crippen LogP contribution in [0.5, 0.6) is 0 Å². The molecule has 0 aliphatic rings. The molecule has 2 rings (SSSR count). The van der Waals surface area contributed by atoms with Crippen LogP contribution in [0.15, 0.2) is 29.2 Å². The van der Waals surface area contributed by atoms with Gasteiger partial charge in [-0.2, -0.15) is 0 Å². The molecule has 1 heterocycles. The van der Waals surface area contributed by atoms with Gasteiger partial charge in [-0.1, -0.05) is 25.1 Å². The number of benzene rings is 1. The summed E-state index contributed by atoms with van der Waals surface area (Å²) in [6.07, 6.45) is 0.792. The third-order valence-corrected chi connectivity index (χ3v) is 5.58. The largest absolute Gasteiger partial charge is 0.316 e. The van der Waals surface area contributed by atoms with Crippen LogP contribution in [0, 0.1) is 6.92 Å². The summed E-state index contributed by atoms with van der Waals surface area (Å²) < 4.78 is 27.6. The van der Waals surface area contributed by atoms with Gasteiger partial charge in [-0.3, -0.25) is 4.72 Å². The van der Waals surface area contributed by atoms with Crippen molar-refractivity contribution < 1.29 is 8.42 Å². The summed E-state index contributed by atoms with van der Waals surface area (Å²) in [6, 6.07) is 6.96. The molecule has 0 saturated carbocycles. The Labute approximate surface area is 129 Å². The van der Waals surface area contributed by atoms with Crippen LogP contribution in [-0.2, 0) is 23.0 Å². The second-order valence-corrected chi connectivity index (χ2v) is 7.47. The fourth-order valence-electron chi connectivity index (χ4n) is 2.07. The fraction of sp³-hybridized carbons (Fsp3) is 0.357. The van der Waals surface area contributed by atoms with E-state index < -0.39 is 10.0 Å². The maximum atomic E-state index is 12.5. The summed E-state index contributed by atoms with van der Waals surface area (Å²) in [4.78, 5) is 5.65. The first-order valence-corrected chi connectivity index (χ1v) is 8.99. The van der Waals surface area contributed by atoms with Gasteiger partial charge in [0.1, 0.15) is 0 Å². The first kappa shape index (κ1) is 15.9. The molecular formula is C14H19N3O2S2. The van der Waals surface area contributed by atoms with Crippen LogP contribution in [0.2, 0.25) is 0 Å². The monoisotopic (exact) mass is 325 g/mol. The predicted molar refractivity (Wildman–Crippen MR) is 86.2 cm³/mol. The molecular weight excluding hydrogens is 306 g/mol. The van der Waals surface area contributed by atoms with Gasteiger partial charge in [-0.05, 0) is 32.0 Å². The molecule has 0 radical (unpaired) electrons. The number of rotatable bonds is 6. The molecule has 0 aliphatic heterocycles. The van der Waals surface area contributed by atoms with Gasteiger partial charge in [0.05, 0.1) is 10.6 Å². The lowest BCUT2D eigenvalue weighted by Crippen LogP contribution is -2.17. The Morgan fingerprint density at radius 1 is 1.29 bits per heavy atom. The molecule has 2 aromatic rings. The van der Waals surface area contributed by atoms with E-state index in [0.29, 0.717) is 11.7 Å². The second-order valence-electron chi connectivity index (χ2n) is 4.62. The number of aromatic nitrogens is 1. The zero-order valence-corrected chi connectivity index (χ0v) is 13.9. The van der Waals surface area contributed by atoms with Gasteiger partial charge in [-0.15, -0.1) is 11.3 Å². The minimum atomic E-state index is -3.62. The smallest absolute Gasteiger partial charge is 0.263 e. The summed E-state index contributed by atoms with van der Waals surface area (Å²) in [5.41, 5.74) is 1.66. The van der Waals surface area contributed by atoms with Gasteiger partial charge in [0.25, 0.3) is 10.0 Å². The van der Waals surface area contributed by atoms with E-state index >= 15 is 0 Å². The topological polar surface area (TPSA) is 71.1 Å². The van der Waals surface area contributed by atoms with Gasteiger partial charge in [0, 0.05) is 11.4 Å². The van der Waals surface area contributed by atoms with Crippen LogP contribution in [0.3, 0.4) is 0 Å².